The summed E-state index contributed by atoms with van der Waals surface area (Å²) < 4.78 is 5.71. The van der Waals surface area contributed by atoms with E-state index in [1.54, 1.807) is 0 Å². The molecule has 1 aromatic carbocycles. The summed E-state index contributed by atoms with van der Waals surface area (Å²) in [5.41, 5.74) is 0.731. The molecular formula is C14H17NO2. The van der Waals surface area contributed by atoms with Gasteiger partial charge in [0.1, 0.15) is 0 Å². The molecule has 2 fully saturated rings. The molecule has 1 amide bonds. The van der Waals surface area contributed by atoms with Crippen LogP contribution in [0.5, 0.6) is 0 Å². The molecule has 3 nitrogen and oxygen atoms in total. The Morgan fingerprint density at radius 1 is 1.18 bits per heavy atom. The number of amides is 1. The van der Waals surface area contributed by atoms with Gasteiger partial charge in [-0.05, 0) is 37.3 Å². The average Bonchev–Trinajstić information content (AvgIpc) is 3.11. The number of nitrogens with one attached hydrogen (secondary N) is 1. The highest BCUT2D eigenvalue weighted by Crippen LogP contribution is 2.38. The summed E-state index contributed by atoms with van der Waals surface area (Å²) in [5.74, 6) is 0.699. The highest BCUT2D eigenvalue weighted by atomic mass is 16.5. The summed E-state index contributed by atoms with van der Waals surface area (Å²) in [5, 5.41) is 3.10. The zero-order chi connectivity index (χ0) is 11.7. The van der Waals surface area contributed by atoms with Gasteiger partial charge in [-0.1, -0.05) is 18.2 Å². The number of carbonyl (C=O) groups is 1. The second kappa shape index (κ2) is 4.49. The van der Waals surface area contributed by atoms with Crippen molar-refractivity contribution >= 4 is 5.91 Å². The van der Waals surface area contributed by atoms with Crippen LogP contribution >= 0.6 is 0 Å². The van der Waals surface area contributed by atoms with Crippen molar-refractivity contribution in [1.29, 1.82) is 0 Å². The lowest BCUT2D eigenvalue weighted by atomic mass is 10.1. The molecule has 3 rings (SSSR count). The van der Waals surface area contributed by atoms with E-state index in [9.17, 15) is 4.79 Å². The molecule has 0 aromatic heterocycles. The lowest BCUT2D eigenvalue weighted by molar-refractivity contribution is 0.0729. The third-order valence-corrected chi connectivity index (χ3v) is 3.57. The van der Waals surface area contributed by atoms with Crippen molar-refractivity contribution in [2.45, 2.75) is 31.4 Å². The standard InChI is InChI=1S/C14H17NO2/c16-14(11-4-2-1-3-5-11)15-12-8-9-17-13(12)10-6-7-10/h1-5,10,12-13H,6-9H2,(H,15,16). The first-order valence-electron chi connectivity index (χ1n) is 6.32. The van der Waals surface area contributed by atoms with Crippen LogP contribution in [0.4, 0.5) is 0 Å². The van der Waals surface area contributed by atoms with Crippen molar-refractivity contribution < 1.29 is 9.53 Å². The zero-order valence-corrected chi connectivity index (χ0v) is 9.76. The van der Waals surface area contributed by atoms with E-state index >= 15 is 0 Å². The molecule has 17 heavy (non-hydrogen) atoms. The van der Waals surface area contributed by atoms with Crippen LogP contribution in [0.3, 0.4) is 0 Å². The normalized spacial score (nSPS) is 28.0. The van der Waals surface area contributed by atoms with Crippen LogP contribution in [-0.2, 0) is 4.74 Å². The van der Waals surface area contributed by atoms with Gasteiger partial charge in [-0.3, -0.25) is 4.79 Å². The van der Waals surface area contributed by atoms with E-state index in [1.165, 1.54) is 12.8 Å². The van der Waals surface area contributed by atoms with Gasteiger partial charge < -0.3 is 10.1 Å². The molecule has 2 aliphatic rings. The smallest absolute Gasteiger partial charge is 0.251 e. The maximum absolute atomic E-state index is 12.0. The lowest BCUT2D eigenvalue weighted by Crippen LogP contribution is -2.41. The molecule has 3 heteroatoms. The average molecular weight is 231 g/mol. The molecule has 1 heterocycles. The van der Waals surface area contributed by atoms with E-state index in [1.807, 2.05) is 30.3 Å². The van der Waals surface area contributed by atoms with E-state index in [-0.39, 0.29) is 18.1 Å². The maximum atomic E-state index is 12.0. The molecule has 1 aliphatic carbocycles. The van der Waals surface area contributed by atoms with E-state index in [4.69, 9.17) is 4.74 Å². The van der Waals surface area contributed by atoms with Crippen LogP contribution in [0.15, 0.2) is 30.3 Å². The molecule has 1 aliphatic heterocycles. The molecular weight excluding hydrogens is 214 g/mol. The number of carbonyl (C=O) groups excluding carboxylic acids is 1. The van der Waals surface area contributed by atoms with Crippen LogP contribution < -0.4 is 5.32 Å². The van der Waals surface area contributed by atoms with Gasteiger partial charge in [0, 0.05) is 12.2 Å². The van der Waals surface area contributed by atoms with Crippen molar-refractivity contribution in [3.8, 4) is 0 Å². The van der Waals surface area contributed by atoms with Crippen LogP contribution in [0.1, 0.15) is 29.6 Å². The molecule has 1 saturated heterocycles. The first-order valence-corrected chi connectivity index (χ1v) is 6.32. The monoisotopic (exact) mass is 231 g/mol. The minimum atomic E-state index is 0.0201. The SMILES string of the molecule is O=C(NC1CCOC1C1CC1)c1ccccc1. The summed E-state index contributed by atoms with van der Waals surface area (Å²) in [6.45, 7) is 0.779. The Bertz CT molecular complexity index is 400. The first kappa shape index (κ1) is 10.8. The Labute approximate surface area is 101 Å². The number of rotatable bonds is 3. The predicted octanol–water partition coefficient (Wildman–Crippen LogP) is 1.98. The van der Waals surface area contributed by atoms with Gasteiger partial charge in [0.25, 0.3) is 5.91 Å². The first-order chi connectivity index (χ1) is 8.34. The summed E-state index contributed by atoms with van der Waals surface area (Å²) in [7, 11) is 0. The minimum Gasteiger partial charge on any atom is -0.376 e. The van der Waals surface area contributed by atoms with Gasteiger partial charge in [-0.25, -0.2) is 0 Å². The molecule has 90 valence electrons. The topological polar surface area (TPSA) is 38.3 Å². The van der Waals surface area contributed by atoms with Crippen LogP contribution in [0, 0.1) is 5.92 Å². The Hall–Kier alpha value is -1.35. The Balaban J connectivity index is 1.64. The Morgan fingerprint density at radius 2 is 1.94 bits per heavy atom. The fourth-order valence-electron chi connectivity index (χ4n) is 2.50. The number of hydrogen-bond donors (Lipinski definition) is 1. The highest BCUT2D eigenvalue weighted by molar-refractivity contribution is 5.94. The largest absolute Gasteiger partial charge is 0.376 e. The minimum absolute atomic E-state index is 0.0201. The van der Waals surface area contributed by atoms with E-state index < -0.39 is 0 Å². The van der Waals surface area contributed by atoms with E-state index in [0.717, 1.165) is 18.6 Å². The third-order valence-electron chi connectivity index (χ3n) is 3.57. The third kappa shape index (κ3) is 2.34. The van der Waals surface area contributed by atoms with E-state index in [0.29, 0.717) is 5.92 Å². The quantitative estimate of drug-likeness (QED) is 0.864. The number of benzene rings is 1. The van der Waals surface area contributed by atoms with Crippen molar-refractivity contribution in [3.63, 3.8) is 0 Å². The highest BCUT2D eigenvalue weighted by Gasteiger charge is 2.41. The fraction of sp³-hybridized carbons (Fsp3) is 0.500. The molecule has 2 atom stereocenters. The molecule has 1 saturated carbocycles. The van der Waals surface area contributed by atoms with Crippen molar-refractivity contribution in [2.24, 2.45) is 5.92 Å². The molecule has 1 aromatic rings. The van der Waals surface area contributed by atoms with Crippen molar-refractivity contribution in [1.82, 2.24) is 5.32 Å². The van der Waals surface area contributed by atoms with Crippen LogP contribution in [-0.4, -0.2) is 24.7 Å². The Morgan fingerprint density at radius 3 is 2.65 bits per heavy atom. The molecule has 0 spiro atoms. The van der Waals surface area contributed by atoms with Crippen LogP contribution in [0.2, 0.25) is 0 Å². The van der Waals surface area contributed by atoms with Gasteiger partial charge in [0.05, 0.1) is 12.1 Å². The number of ether oxygens (including phenoxy) is 1. The second-order valence-corrected chi connectivity index (χ2v) is 4.91. The van der Waals surface area contributed by atoms with Crippen LogP contribution in [0.25, 0.3) is 0 Å². The van der Waals surface area contributed by atoms with Gasteiger partial charge in [0.15, 0.2) is 0 Å². The fourth-order valence-corrected chi connectivity index (χ4v) is 2.50. The van der Waals surface area contributed by atoms with Gasteiger partial charge in [0.2, 0.25) is 0 Å². The molecule has 2 unspecified atom stereocenters. The second-order valence-electron chi connectivity index (χ2n) is 4.91. The Kier molecular flexibility index (Phi) is 2.85. The zero-order valence-electron chi connectivity index (χ0n) is 9.76. The summed E-state index contributed by atoms with van der Waals surface area (Å²) in [6, 6.07) is 9.59. The van der Waals surface area contributed by atoms with Crippen molar-refractivity contribution in [3.05, 3.63) is 35.9 Å². The lowest BCUT2D eigenvalue weighted by Gasteiger charge is -2.19. The van der Waals surface area contributed by atoms with E-state index in [2.05, 4.69) is 5.32 Å². The predicted molar refractivity (Wildman–Crippen MR) is 64.8 cm³/mol. The molecule has 0 bridgehead atoms. The molecule has 0 radical (unpaired) electrons. The van der Waals surface area contributed by atoms with Gasteiger partial charge in [-0.15, -0.1) is 0 Å². The summed E-state index contributed by atoms with van der Waals surface area (Å²) >= 11 is 0. The van der Waals surface area contributed by atoms with Gasteiger partial charge >= 0.3 is 0 Å². The molecule has 1 N–H and O–H groups in total. The summed E-state index contributed by atoms with van der Waals surface area (Å²) in [4.78, 5) is 12.0. The number of hydrogen-bond acceptors (Lipinski definition) is 2. The van der Waals surface area contributed by atoms with Gasteiger partial charge in [-0.2, -0.15) is 0 Å². The maximum Gasteiger partial charge on any atom is 0.251 e. The summed E-state index contributed by atoms with van der Waals surface area (Å²) in [6.07, 6.45) is 3.70. The van der Waals surface area contributed by atoms with Crippen molar-refractivity contribution in [2.75, 3.05) is 6.61 Å².